The van der Waals surface area contributed by atoms with E-state index in [4.69, 9.17) is 5.11 Å². The van der Waals surface area contributed by atoms with E-state index in [1.807, 2.05) is 0 Å². The maximum Gasteiger partial charge on any atom is 0.332 e. The Hall–Kier alpha value is -0.830. The first-order valence-corrected chi connectivity index (χ1v) is 5.58. The van der Waals surface area contributed by atoms with Gasteiger partial charge in [-0.2, -0.15) is 0 Å². The standard InChI is InChI=1S/C12H23NO2/c1-9(2)6-5-7-11(4)13-8-10(3)12(14)15/h9,11,13H,3,5-8H2,1-2,4H3,(H,14,15). The van der Waals surface area contributed by atoms with E-state index in [0.29, 0.717) is 12.6 Å². The maximum atomic E-state index is 10.5. The smallest absolute Gasteiger partial charge is 0.332 e. The second-order valence-corrected chi connectivity index (χ2v) is 4.52. The van der Waals surface area contributed by atoms with E-state index < -0.39 is 5.97 Å². The zero-order chi connectivity index (χ0) is 11.8. The summed E-state index contributed by atoms with van der Waals surface area (Å²) in [6.07, 6.45) is 3.50. The van der Waals surface area contributed by atoms with Gasteiger partial charge in [-0.1, -0.05) is 33.3 Å². The third-order valence-electron chi connectivity index (χ3n) is 2.38. The molecule has 2 N–H and O–H groups in total. The van der Waals surface area contributed by atoms with Crippen LogP contribution in [0.3, 0.4) is 0 Å². The second kappa shape index (κ2) is 7.46. The van der Waals surface area contributed by atoms with Crippen molar-refractivity contribution in [1.82, 2.24) is 5.32 Å². The molecule has 1 atom stereocenters. The Labute approximate surface area is 92.6 Å². The van der Waals surface area contributed by atoms with Crippen LogP contribution in [0.5, 0.6) is 0 Å². The SMILES string of the molecule is C=C(CNC(C)CCCC(C)C)C(=O)O. The second-order valence-electron chi connectivity index (χ2n) is 4.52. The van der Waals surface area contributed by atoms with Crippen LogP contribution in [0, 0.1) is 5.92 Å². The van der Waals surface area contributed by atoms with Gasteiger partial charge in [-0.05, 0) is 19.3 Å². The highest BCUT2D eigenvalue weighted by Crippen LogP contribution is 2.08. The highest BCUT2D eigenvalue weighted by atomic mass is 16.4. The van der Waals surface area contributed by atoms with Crippen molar-refractivity contribution < 1.29 is 9.90 Å². The molecule has 0 heterocycles. The predicted molar refractivity (Wildman–Crippen MR) is 62.9 cm³/mol. The van der Waals surface area contributed by atoms with Gasteiger partial charge >= 0.3 is 5.97 Å². The van der Waals surface area contributed by atoms with E-state index in [1.54, 1.807) is 0 Å². The lowest BCUT2D eigenvalue weighted by Gasteiger charge is -2.14. The fourth-order valence-corrected chi connectivity index (χ4v) is 1.31. The highest BCUT2D eigenvalue weighted by Gasteiger charge is 2.06. The number of rotatable bonds is 8. The Bertz CT molecular complexity index is 212. The third-order valence-corrected chi connectivity index (χ3v) is 2.38. The Morgan fingerprint density at radius 1 is 1.33 bits per heavy atom. The highest BCUT2D eigenvalue weighted by molar-refractivity contribution is 5.86. The molecule has 0 aliphatic heterocycles. The summed E-state index contributed by atoms with van der Waals surface area (Å²) in [5.41, 5.74) is 0.228. The van der Waals surface area contributed by atoms with Gasteiger partial charge in [-0.25, -0.2) is 4.79 Å². The van der Waals surface area contributed by atoms with Gasteiger partial charge < -0.3 is 10.4 Å². The molecule has 3 heteroatoms. The summed E-state index contributed by atoms with van der Waals surface area (Å²) in [5.74, 6) is -0.178. The van der Waals surface area contributed by atoms with Crippen LogP contribution in [0.25, 0.3) is 0 Å². The number of aliphatic carboxylic acids is 1. The first kappa shape index (κ1) is 14.2. The van der Waals surface area contributed by atoms with Crippen molar-refractivity contribution in [1.29, 1.82) is 0 Å². The van der Waals surface area contributed by atoms with E-state index in [1.165, 1.54) is 12.8 Å². The van der Waals surface area contributed by atoms with Gasteiger partial charge in [-0.15, -0.1) is 0 Å². The molecule has 0 aliphatic carbocycles. The molecule has 3 nitrogen and oxygen atoms in total. The lowest BCUT2D eigenvalue weighted by atomic mass is 10.0. The lowest BCUT2D eigenvalue weighted by molar-refractivity contribution is -0.132. The van der Waals surface area contributed by atoms with Crippen molar-refractivity contribution in [2.45, 2.75) is 46.1 Å². The van der Waals surface area contributed by atoms with Crippen LogP contribution in [0.15, 0.2) is 12.2 Å². The van der Waals surface area contributed by atoms with E-state index in [-0.39, 0.29) is 5.57 Å². The molecule has 88 valence electrons. The summed E-state index contributed by atoms with van der Waals surface area (Å²) in [6.45, 7) is 10.3. The molecule has 0 aliphatic rings. The molecule has 15 heavy (non-hydrogen) atoms. The molecule has 0 aromatic heterocycles. The Kier molecular flexibility index (Phi) is 7.05. The molecule has 0 bridgehead atoms. The van der Waals surface area contributed by atoms with E-state index in [0.717, 1.165) is 12.3 Å². The summed E-state index contributed by atoms with van der Waals surface area (Å²) in [5, 5.41) is 11.8. The van der Waals surface area contributed by atoms with Crippen LogP contribution in [-0.2, 0) is 4.79 Å². The Balaban J connectivity index is 3.53. The van der Waals surface area contributed by atoms with E-state index >= 15 is 0 Å². The molecule has 1 unspecified atom stereocenters. The van der Waals surface area contributed by atoms with Gasteiger partial charge in [0.1, 0.15) is 0 Å². The molecule has 0 amide bonds. The maximum absolute atomic E-state index is 10.5. The minimum atomic E-state index is -0.920. The van der Waals surface area contributed by atoms with Crippen LogP contribution < -0.4 is 5.32 Å². The van der Waals surface area contributed by atoms with Crippen molar-refractivity contribution in [3.05, 3.63) is 12.2 Å². The molecule has 0 saturated carbocycles. The number of hydrogen-bond acceptors (Lipinski definition) is 2. The Morgan fingerprint density at radius 2 is 1.93 bits per heavy atom. The summed E-state index contributed by atoms with van der Waals surface area (Å²) < 4.78 is 0. The predicted octanol–water partition coefficient (Wildman–Crippen LogP) is 2.43. The van der Waals surface area contributed by atoms with Crippen molar-refractivity contribution >= 4 is 5.97 Å². The van der Waals surface area contributed by atoms with Gasteiger partial charge in [0.2, 0.25) is 0 Å². The Morgan fingerprint density at radius 3 is 2.40 bits per heavy atom. The third kappa shape index (κ3) is 8.18. The molecule has 0 radical (unpaired) electrons. The molecule has 0 rings (SSSR count). The van der Waals surface area contributed by atoms with Gasteiger partial charge in [0, 0.05) is 18.2 Å². The fourth-order valence-electron chi connectivity index (χ4n) is 1.31. The fraction of sp³-hybridized carbons (Fsp3) is 0.750. The van der Waals surface area contributed by atoms with Crippen LogP contribution in [0.4, 0.5) is 0 Å². The molecule has 0 fully saturated rings. The zero-order valence-corrected chi connectivity index (χ0v) is 10.0. The number of hydrogen-bond donors (Lipinski definition) is 2. The molecule has 0 aromatic carbocycles. The molecular formula is C12H23NO2. The summed E-state index contributed by atoms with van der Waals surface area (Å²) in [4.78, 5) is 10.5. The van der Waals surface area contributed by atoms with Gasteiger partial charge in [0.15, 0.2) is 0 Å². The number of carboxylic acids is 1. The van der Waals surface area contributed by atoms with E-state index in [2.05, 4.69) is 32.7 Å². The van der Waals surface area contributed by atoms with Gasteiger partial charge in [0.05, 0.1) is 0 Å². The van der Waals surface area contributed by atoms with Crippen molar-refractivity contribution in [2.24, 2.45) is 5.92 Å². The van der Waals surface area contributed by atoms with Crippen molar-refractivity contribution in [3.63, 3.8) is 0 Å². The summed E-state index contributed by atoms with van der Waals surface area (Å²) in [6, 6.07) is 0.361. The zero-order valence-electron chi connectivity index (χ0n) is 10.0. The monoisotopic (exact) mass is 213 g/mol. The minimum absolute atomic E-state index is 0.228. The lowest BCUT2D eigenvalue weighted by Crippen LogP contribution is -2.29. The normalized spacial score (nSPS) is 12.8. The average Bonchev–Trinajstić information content (AvgIpc) is 2.13. The van der Waals surface area contributed by atoms with Crippen molar-refractivity contribution in [3.8, 4) is 0 Å². The molecular weight excluding hydrogens is 190 g/mol. The van der Waals surface area contributed by atoms with Crippen molar-refractivity contribution in [2.75, 3.05) is 6.54 Å². The largest absolute Gasteiger partial charge is 0.478 e. The molecule has 0 saturated heterocycles. The van der Waals surface area contributed by atoms with E-state index in [9.17, 15) is 4.79 Å². The van der Waals surface area contributed by atoms with Gasteiger partial charge in [-0.3, -0.25) is 0 Å². The number of carbonyl (C=O) groups is 1. The first-order chi connectivity index (χ1) is 6.93. The number of carboxylic acid groups (broad SMARTS) is 1. The van der Waals surface area contributed by atoms with Crippen LogP contribution in [0.1, 0.15) is 40.0 Å². The molecule has 0 aromatic rings. The minimum Gasteiger partial charge on any atom is -0.478 e. The van der Waals surface area contributed by atoms with Crippen LogP contribution in [0.2, 0.25) is 0 Å². The quantitative estimate of drug-likeness (QED) is 0.609. The van der Waals surface area contributed by atoms with Crippen LogP contribution in [-0.4, -0.2) is 23.7 Å². The van der Waals surface area contributed by atoms with Crippen LogP contribution >= 0.6 is 0 Å². The summed E-state index contributed by atoms with van der Waals surface area (Å²) in [7, 11) is 0. The van der Waals surface area contributed by atoms with Gasteiger partial charge in [0.25, 0.3) is 0 Å². The topological polar surface area (TPSA) is 49.3 Å². The number of nitrogens with one attached hydrogen (secondary N) is 1. The first-order valence-electron chi connectivity index (χ1n) is 5.58. The average molecular weight is 213 g/mol. The molecule has 0 spiro atoms. The summed E-state index contributed by atoms with van der Waals surface area (Å²) >= 11 is 0.